The maximum Gasteiger partial charge on any atom is 0.319 e. The number of carbonyl (C=O) groups is 2. The van der Waals surface area contributed by atoms with Crippen LogP contribution in [-0.2, 0) is 20.9 Å². The van der Waals surface area contributed by atoms with Crippen molar-refractivity contribution < 1.29 is 19.4 Å². The van der Waals surface area contributed by atoms with Gasteiger partial charge in [0.05, 0.1) is 6.61 Å². The summed E-state index contributed by atoms with van der Waals surface area (Å²) in [5.74, 6) is -2.38. The molecule has 0 bridgehead atoms. The van der Waals surface area contributed by atoms with Crippen molar-refractivity contribution in [3.05, 3.63) is 70.2 Å². The lowest BCUT2D eigenvalue weighted by molar-refractivity contribution is -0.168. The molecule has 1 amide bonds. The largest absolute Gasteiger partial charge is 0.465 e. The van der Waals surface area contributed by atoms with E-state index in [0.717, 1.165) is 15.6 Å². The fourth-order valence-corrected chi connectivity index (χ4v) is 4.11. The molecule has 1 heterocycles. The number of hydrogen-bond donors (Lipinski definition) is 1. The van der Waals surface area contributed by atoms with E-state index in [1.807, 2.05) is 54.6 Å². The van der Waals surface area contributed by atoms with Crippen molar-refractivity contribution in [2.24, 2.45) is 5.92 Å². The zero-order chi connectivity index (χ0) is 19.4. The van der Waals surface area contributed by atoms with Gasteiger partial charge in [0, 0.05) is 23.4 Å². The third kappa shape index (κ3) is 4.22. The van der Waals surface area contributed by atoms with Crippen LogP contribution in [0.3, 0.4) is 0 Å². The third-order valence-electron chi connectivity index (χ3n) is 4.82. The average Bonchev–Trinajstić information content (AvgIpc) is 2.66. The summed E-state index contributed by atoms with van der Waals surface area (Å²) in [4.78, 5) is 27.2. The molecule has 2 aromatic rings. The number of nitrogens with zero attached hydrogens (tertiary/aromatic N) is 1. The van der Waals surface area contributed by atoms with Crippen LogP contribution < -0.4 is 0 Å². The number of ether oxygens (including phenoxy) is 1. The van der Waals surface area contributed by atoms with Gasteiger partial charge in [-0.1, -0.05) is 64.5 Å². The van der Waals surface area contributed by atoms with Gasteiger partial charge in [-0.2, -0.15) is 0 Å². The summed E-state index contributed by atoms with van der Waals surface area (Å²) in [6, 6.07) is 16.9. The third-order valence-corrected chi connectivity index (χ3v) is 5.54. The number of hydrogen-bond acceptors (Lipinski definition) is 4. The number of carbonyl (C=O) groups excluding carboxylic acids is 2. The van der Waals surface area contributed by atoms with Crippen LogP contribution in [0.15, 0.2) is 59.1 Å². The first kappa shape index (κ1) is 19.6. The van der Waals surface area contributed by atoms with Crippen molar-refractivity contribution in [2.45, 2.75) is 32.0 Å². The van der Waals surface area contributed by atoms with Crippen LogP contribution in [0.1, 0.15) is 30.4 Å². The minimum absolute atomic E-state index is 0.201. The zero-order valence-corrected chi connectivity index (χ0v) is 16.6. The molecule has 1 aliphatic heterocycles. The second-order valence-corrected chi connectivity index (χ2v) is 7.38. The number of esters is 1. The number of benzene rings is 2. The zero-order valence-electron chi connectivity index (χ0n) is 15.0. The molecule has 0 radical (unpaired) electrons. The van der Waals surface area contributed by atoms with Crippen LogP contribution in [0.4, 0.5) is 0 Å². The van der Waals surface area contributed by atoms with Gasteiger partial charge in [0.1, 0.15) is 12.1 Å². The number of halogens is 1. The maximum absolute atomic E-state index is 13.2. The predicted molar refractivity (Wildman–Crippen MR) is 105 cm³/mol. The highest BCUT2D eigenvalue weighted by Gasteiger charge is 2.47. The first-order valence-corrected chi connectivity index (χ1v) is 9.75. The lowest BCUT2D eigenvalue weighted by Crippen LogP contribution is -2.53. The summed E-state index contributed by atoms with van der Waals surface area (Å²) in [6.45, 7) is 2.17. The topological polar surface area (TPSA) is 66.8 Å². The molecule has 1 saturated heterocycles. The minimum Gasteiger partial charge on any atom is -0.465 e. The van der Waals surface area contributed by atoms with E-state index in [1.54, 1.807) is 6.92 Å². The van der Waals surface area contributed by atoms with Crippen molar-refractivity contribution in [1.82, 2.24) is 4.90 Å². The molecule has 6 heteroatoms. The average molecular weight is 432 g/mol. The molecule has 5 nitrogen and oxygen atoms in total. The van der Waals surface area contributed by atoms with Crippen molar-refractivity contribution in [2.75, 3.05) is 6.61 Å². The number of amides is 1. The molecule has 0 spiro atoms. The fourth-order valence-electron chi connectivity index (χ4n) is 3.53. The van der Waals surface area contributed by atoms with Crippen molar-refractivity contribution in [3.63, 3.8) is 0 Å². The number of rotatable bonds is 5. The van der Waals surface area contributed by atoms with E-state index in [4.69, 9.17) is 4.74 Å². The quantitative estimate of drug-likeness (QED) is 0.581. The lowest BCUT2D eigenvalue weighted by Gasteiger charge is -2.40. The highest BCUT2D eigenvalue weighted by atomic mass is 79.9. The fraction of sp³-hybridized carbons (Fsp3) is 0.333. The summed E-state index contributed by atoms with van der Waals surface area (Å²) in [5, 5.41) is 10.7. The number of aliphatic hydroxyl groups is 1. The molecule has 0 aromatic heterocycles. The Morgan fingerprint density at radius 3 is 2.52 bits per heavy atom. The standard InChI is InChI=1S/C21H22BrNO4/c1-2-27-21(26)19-16(15-10-6-7-11-17(15)22)12-18(24)23(20(19)25)13-14-8-4-3-5-9-14/h3-11,16,18-19,24H,2,12-13H2,1H3/t16-,18+,19-/m0/s1. The molecule has 1 N–H and O–H groups in total. The van der Waals surface area contributed by atoms with E-state index >= 15 is 0 Å². The van der Waals surface area contributed by atoms with Gasteiger partial charge < -0.3 is 14.7 Å². The second kappa shape index (κ2) is 8.67. The SMILES string of the molecule is CCOC(=O)[C@@H]1C(=O)N(Cc2ccccc2)[C@H](O)C[C@H]1c1ccccc1Br. The molecule has 2 aromatic carbocycles. The Morgan fingerprint density at radius 2 is 1.85 bits per heavy atom. The van der Waals surface area contributed by atoms with Gasteiger partial charge in [0.25, 0.3) is 0 Å². The molecule has 1 aliphatic rings. The first-order valence-electron chi connectivity index (χ1n) is 8.96. The highest BCUT2D eigenvalue weighted by Crippen LogP contribution is 2.40. The Hall–Kier alpha value is -2.18. The van der Waals surface area contributed by atoms with Gasteiger partial charge >= 0.3 is 5.97 Å². The molecule has 3 rings (SSSR count). The Labute approximate surface area is 167 Å². The molecule has 27 heavy (non-hydrogen) atoms. The maximum atomic E-state index is 13.2. The summed E-state index contributed by atoms with van der Waals surface area (Å²) >= 11 is 3.50. The summed E-state index contributed by atoms with van der Waals surface area (Å²) in [5.41, 5.74) is 1.72. The summed E-state index contributed by atoms with van der Waals surface area (Å²) < 4.78 is 6.00. The predicted octanol–water partition coefficient (Wildman–Crippen LogP) is 3.46. The molecule has 0 saturated carbocycles. The number of piperidine rings is 1. The van der Waals surface area contributed by atoms with Crippen LogP contribution in [0.25, 0.3) is 0 Å². The molecule has 0 aliphatic carbocycles. The second-order valence-electron chi connectivity index (χ2n) is 6.53. The Morgan fingerprint density at radius 1 is 1.19 bits per heavy atom. The molecule has 142 valence electrons. The monoisotopic (exact) mass is 431 g/mol. The molecule has 1 fully saturated rings. The van der Waals surface area contributed by atoms with E-state index < -0.39 is 29.9 Å². The van der Waals surface area contributed by atoms with E-state index in [9.17, 15) is 14.7 Å². The van der Waals surface area contributed by atoms with E-state index in [0.29, 0.717) is 0 Å². The Bertz CT molecular complexity index is 811. The van der Waals surface area contributed by atoms with Gasteiger partial charge in [0.2, 0.25) is 5.91 Å². The number of likely N-dealkylation sites (tertiary alicyclic amines) is 1. The van der Waals surface area contributed by atoms with Crippen molar-refractivity contribution in [3.8, 4) is 0 Å². The van der Waals surface area contributed by atoms with Gasteiger partial charge in [0.15, 0.2) is 0 Å². The minimum atomic E-state index is -0.976. The highest BCUT2D eigenvalue weighted by molar-refractivity contribution is 9.10. The van der Waals surface area contributed by atoms with Gasteiger partial charge in [-0.25, -0.2) is 0 Å². The van der Waals surface area contributed by atoms with Crippen LogP contribution in [0.5, 0.6) is 0 Å². The van der Waals surface area contributed by atoms with Gasteiger partial charge in [-0.05, 0) is 24.1 Å². The molecule has 0 unspecified atom stereocenters. The van der Waals surface area contributed by atoms with E-state index in [2.05, 4.69) is 15.9 Å². The van der Waals surface area contributed by atoms with Gasteiger partial charge in [-0.15, -0.1) is 0 Å². The smallest absolute Gasteiger partial charge is 0.319 e. The molecular formula is C21H22BrNO4. The van der Waals surface area contributed by atoms with Gasteiger partial charge in [-0.3, -0.25) is 9.59 Å². The Kier molecular flexibility index (Phi) is 6.29. The lowest BCUT2D eigenvalue weighted by atomic mass is 9.79. The van der Waals surface area contributed by atoms with Crippen molar-refractivity contribution >= 4 is 27.8 Å². The summed E-state index contributed by atoms with van der Waals surface area (Å²) in [6.07, 6.45) is -0.703. The van der Waals surface area contributed by atoms with Crippen molar-refractivity contribution in [1.29, 1.82) is 0 Å². The van der Waals surface area contributed by atoms with Crippen LogP contribution in [-0.4, -0.2) is 34.7 Å². The van der Waals surface area contributed by atoms with E-state index in [-0.39, 0.29) is 19.6 Å². The molecular weight excluding hydrogens is 410 g/mol. The molecule has 3 atom stereocenters. The number of aliphatic hydroxyl groups excluding tert-OH is 1. The summed E-state index contributed by atoms with van der Waals surface area (Å²) in [7, 11) is 0. The van der Waals surface area contributed by atoms with E-state index in [1.165, 1.54) is 4.90 Å². The van der Waals surface area contributed by atoms with Crippen LogP contribution in [0.2, 0.25) is 0 Å². The van der Waals surface area contributed by atoms with Crippen LogP contribution >= 0.6 is 15.9 Å². The Balaban J connectivity index is 1.94. The van der Waals surface area contributed by atoms with Crippen LogP contribution in [0, 0.1) is 5.92 Å². The normalized spacial score (nSPS) is 22.6. The first-order chi connectivity index (χ1) is 13.0.